The van der Waals surface area contributed by atoms with E-state index in [2.05, 4.69) is 15.5 Å². The smallest absolute Gasteiger partial charge is 0.232 e. The van der Waals surface area contributed by atoms with Gasteiger partial charge >= 0.3 is 0 Å². The summed E-state index contributed by atoms with van der Waals surface area (Å²) in [6.07, 6.45) is 7.26. The third-order valence-corrected chi connectivity index (χ3v) is 6.61. The molecular weight excluding hydrogens is 284 g/mol. The minimum atomic E-state index is -0.132. The van der Waals surface area contributed by atoms with Crippen LogP contribution < -0.4 is 11.1 Å². The van der Waals surface area contributed by atoms with E-state index >= 15 is 0 Å². The fraction of sp³-hybridized carbons (Fsp3) is 0.800. The molecule has 1 aromatic rings. The van der Waals surface area contributed by atoms with Crippen LogP contribution >= 0.6 is 11.3 Å². The second-order valence-electron chi connectivity index (χ2n) is 7.39. The second-order valence-corrected chi connectivity index (χ2v) is 8.40. The van der Waals surface area contributed by atoms with E-state index in [-0.39, 0.29) is 17.4 Å². The summed E-state index contributed by atoms with van der Waals surface area (Å²) < 4.78 is 0. The molecule has 4 bridgehead atoms. The van der Waals surface area contributed by atoms with Crippen LogP contribution in [0.4, 0.5) is 5.13 Å². The summed E-state index contributed by atoms with van der Waals surface area (Å²) in [5.41, 5.74) is 5.67. The Hall–Kier alpha value is -1.01. The van der Waals surface area contributed by atoms with E-state index in [0.717, 1.165) is 42.0 Å². The molecule has 5 nitrogen and oxygen atoms in total. The number of hydrogen-bond acceptors (Lipinski definition) is 5. The Morgan fingerprint density at radius 2 is 1.81 bits per heavy atom. The predicted molar refractivity (Wildman–Crippen MR) is 81.7 cm³/mol. The van der Waals surface area contributed by atoms with Crippen molar-refractivity contribution in [1.82, 2.24) is 10.2 Å². The summed E-state index contributed by atoms with van der Waals surface area (Å²) in [5, 5.41) is 12.5. The molecule has 3 N–H and O–H groups in total. The van der Waals surface area contributed by atoms with Crippen molar-refractivity contribution < 1.29 is 4.79 Å². The van der Waals surface area contributed by atoms with Crippen LogP contribution in [0.2, 0.25) is 0 Å². The van der Waals surface area contributed by atoms with E-state index < -0.39 is 0 Å². The zero-order valence-electron chi connectivity index (χ0n) is 12.3. The van der Waals surface area contributed by atoms with Gasteiger partial charge in [-0.2, -0.15) is 0 Å². The van der Waals surface area contributed by atoms with Gasteiger partial charge < -0.3 is 11.1 Å². The minimum absolute atomic E-state index is 0.130. The van der Waals surface area contributed by atoms with E-state index in [1.807, 2.05) is 6.92 Å². The molecule has 0 aromatic carbocycles. The van der Waals surface area contributed by atoms with Gasteiger partial charge in [0, 0.05) is 0 Å². The maximum atomic E-state index is 12.8. The van der Waals surface area contributed by atoms with Crippen LogP contribution in [0.15, 0.2) is 0 Å². The van der Waals surface area contributed by atoms with Crippen molar-refractivity contribution in [2.45, 2.75) is 51.5 Å². The molecule has 1 atom stereocenters. The molecule has 4 fully saturated rings. The number of nitrogens with zero attached hydrogens (tertiary/aromatic N) is 2. The van der Waals surface area contributed by atoms with E-state index in [1.54, 1.807) is 0 Å². The molecule has 1 aromatic heterocycles. The third kappa shape index (κ3) is 2.28. The molecule has 4 aliphatic rings. The maximum Gasteiger partial charge on any atom is 0.232 e. The first-order valence-electron chi connectivity index (χ1n) is 7.94. The Balaban J connectivity index is 1.51. The summed E-state index contributed by atoms with van der Waals surface area (Å²) in [4.78, 5) is 12.8. The number of rotatable bonds is 3. The monoisotopic (exact) mass is 306 g/mol. The van der Waals surface area contributed by atoms with E-state index in [4.69, 9.17) is 5.73 Å². The largest absolute Gasteiger partial charge is 0.322 e. The second kappa shape index (κ2) is 4.74. The van der Waals surface area contributed by atoms with Gasteiger partial charge in [-0.15, -0.1) is 10.2 Å². The lowest BCUT2D eigenvalue weighted by molar-refractivity contribution is -0.140. The van der Waals surface area contributed by atoms with Crippen LogP contribution in [0.3, 0.4) is 0 Å². The Bertz CT molecular complexity index is 532. The van der Waals surface area contributed by atoms with Gasteiger partial charge in [-0.05, 0) is 63.2 Å². The number of amides is 1. The first kappa shape index (κ1) is 13.6. The van der Waals surface area contributed by atoms with Crippen molar-refractivity contribution >= 4 is 22.4 Å². The van der Waals surface area contributed by atoms with Crippen molar-refractivity contribution in [2.24, 2.45) is 28.9 Å². The Morgan fingerprint density at radius 3 is 2.29 bits per heavy atom. The number of carbonyl (C=O) groups excluding carboxylic acids is 1. The number of anilines is 1. The molecule has 0 radical (unpaired) electrons. The van der Waals surface area contributed by atoms with Crippen LogP contribution in [-0.4, -0.2) is 16.1 Å². The first-order valence-corrected chi connectivity index (χ1v) is 8.76. The van der Waals surface area contributed by atoms with Crippen LogP contribution in [0.5, 0.6) is 0 Å². The third-order valence-electron chi connectivity index (χ3n) is 5.57. The summed E-state index contributed by atoms with van der Waals surface area (Å²) >= 11 is 1.39. The fourth-order valence-corrected chi connectivity index (χ4v) is 5.78. The zero-order valence-corrected chi connectivity index (χ0v) is 13.2. The lowest BCUT2D eigenvalue weighted by atomic mass is 9.49. The van der Waals surface area contributed by atoms with E-state index in [1.165, 1.54) is 30.6 Å². The predicted octanol–water partition coefficient (Wildman–Crippen LogP) is 2.71. The van der Waals surface area contributed by atoms with Crippen molar-refractivity contribution in [2.75, 3.05) is 5.32 Å². The fourth-order valence-electron chi connectivity index (χ4n) is 5.09. The van der Waals surface area contributed by atoms with Gasteiger partial charge in [0.1, 0.15) is 5.01 Å². The molecule has 21 heavy (non-hydrogen) atoms. The molecular formula is C15H22N4OS. The Morgan fingerprint density at radius 1 is 1.24 bits per heavy atom. The van der Waals surface area contributed by atoms with E-state index in [9.17, 15) is 4.79 Å². The van der Waals surface area contributed by atoms with Gasteiger partial charge in [-0.3, -0.25) is 4.79 Å². The van der Waals surface area contributed by atoms with E-state index in [0.29, 0.717) is 5.13 Å². The molecule has 4 saturated carbocycles. The average Bonchev–Trinajstić information content (AvgIpc) is 2.85. The molecule has 6 heteroatoms. The number of aromatic nitrogens is 2. The average molecular weight is 306 g/mol. The van der Waals surface area contributed by atoms with Crippen molar-refractivity contribution in [3.63, 3.8) is 0 Å². The lowest BCUT2D eigenvalue weighted by Gasteiger charge is -2.55. The SMILES string of the molecule is CC(N)c1nnc(NC(=O)C23CC4CC(CC(C4)C2)C3)s1. The van der Waals surface area contributed by atoms with Gasteiger partial charge in [-0.25, -0.2) is 0 Å². The van der Waals surface area contributed by atoms with Crippen LogP contribution in [-0.2, 0) is 4.79 Å². The number of nitrogens with two attached hydrogens (primary N) is 1. The molecule has 114 valence electrons. The molecule has 1 unspecified atom stereocenters. The molecule has 0 aliphatic heterocycles. The van der Waals surface area contributed by atoms with Crippen LogP contribution in [0, 0.1) is 23.2 Å². The van der Waals surface area contributed by atoms with Crippen LogP contribution in [0.25, 0.3) is 0 Å². The highest BCUT2D eigenvalue weighted by atomic mass is 32.1. The summed E-state index contributed by atoms with van der Waals surface area (Å²) in [6.45, 7) is 1.88. The highest BCUT2D eigenvalue weighted by Gasteiger charge is 2.54. The molecule has 1 amide bonds. The standard InChI is InChI=1S/C15H22N4OS/c1-8(16)12-18-19-14(21-12)17-13(20)15-5-9-2-10(6-15)4-11(3-9)7-15/h8-11H,2-7,16H2,1H3,(H,17,19,20). The van der Waals surface area contributed by atoms with Crippen LogP contribution in [0.1, 0.15) is 56.5 Å². The maximum absolute atomic E-state index is 12.8. The summed E-state index contributed by atoms with van der Waals surface area (Å²) in [6, 6.07) is -0.132. The van der Waals surface area contributed by atoms with Crippen molar-refractivity contribution in [3.8, 4) is 0 Å². The normalized spacial score (nSPS) is 38.5. The minimum Gasteiger partial charge on any atom is -0.322 e. The number of carbonyl (C=O) groups is 1. The molecule has 1 heterocycles. The molecule has 4 aliphatic carbocycles. The Kier molecular flexibility index (Phi) is 3.08. The van der Waals surface area contributed by atoms with Gasteiger partial charge in [0.25, 0.3) is 0 Å². The number of nitrogens with one attached hydrogen (secondary N) is 1. The number of hydrogen-bond donors (Lipinski definition) is 2. The molecule has 0 spiro atoms. The quantitative estimate of drug-likeness (QED) is 0.899. The summed E-state index contributed by atoms with van der Waals surface area (Å²) in [7, 11) is 0. The zero-order chi connectivity index (χ0) is 14.6. The topological polar surface area (TPSA) is 80.9 Å². The summed E-state index contributed by atoms with van der Waals surface area (Å²) in [5.74, 6) is 2.50. The molecule has 0 saturated heterocycles. The van der Waals surface area contributed by atoms with Gasteiger partial charge in [-0.1, -0.05) is 11.3 Å². The van der Waals surface area contributed by atoms with Gasteiger partial charge in [0.2, 0.25) is 11.0 Å². The van der Waals surface area contributed by atoms with Gasteiger partial charge in [0.05, 0.1) is 11.5 Å². The first-order chi connectivity index (χ1) is 10.0. The lowest BCUT2D eigenvalue weighted by Crippen LogP contribution is -2.51. The highest BCUT2D eigenvalue weighted by Crippen LogP contribution is 2.60. The van der Waals surface area contributed by atoms with Crippen molar-refractivity contribution in [1.29, 1.82) is 0 Å². The van der Waals surface area contributed by atoms with Crippen molar-refractivity contribution in [3.05, 3.63) is 5.01 Å². The van der Waals surface area contributed by atoms with Gasteiger partial charge in [0.15, 0.2) is 0 Å². The highest BCUT2D eigenvalue weighted by molar-refractivity contribution is 7.15. The Labute approximate surface area is 128 Å². The molecule has 5 rings (SSSR count).